The maximum Gasteiger partial charge on any atom is 0.328 e. The average Bonchev–Trinajstić information content (AvgIpc) is 2.99. The summed E-state index contributed by atoms with van der Waals surface area (Å²) in [4.78, 5) is 26.2. The van der Waals surface area contributed by atoms with Gasteiger partial charge in [0.1, 0.15) is 0 Å². The Kier molecular flexibility index (Phi) is 7.94. The van der Waals surface area contributed by atoms with Crippen LogP contribution in [0, 0.1) is 0 Å². The van der Waals surface area contributed by atoms with Gasteiger partial charge in [-0.3, -0.25) is 0 Å². The molecule has 1 rings (SSSR count). The third-order valence-electron chi connectivity index (χ3n) is 2.97. The molecule has 0 aliphatic rings. The molecule has 0 radical (unpaired) electrons. The Balaban J connectivity index is 2.41. The molecule has 8 N–H and O–H groups in total. The number of nitrogens with one attached hydrogen (secondary N) is 2. The molecule has 0 saturated heterocycles. The van der Waals surface area contributed by atoms with Crippen LogP contribution in [0.5, 0.6) is 0 Å². The van der Waals surface area contributed by atoms with Crippen molar-refractivity contribution in [2.75, 3.05) is 13.2 Å². The molecule has 1 heterocycles. The summed E-state index contributed by atoms with van der Waals surface area (Å²) in [6.07, 6.45) is 2.37. The number of amides is 2. The first-order valence-corrected chi connectivity index (χ1v) is 7.14. The normalized spacial score (nSPS) is 13.3. The lowest BCUT2D eigenvalue weighted by atomic mass is 10.1. The third-order valence-corrected chi connectivity index (χ3v) is 2.97. The van der Waals surface area contributed by atoms with Crippen molar-refractivity contribution < 1.29 is 24.3 Å². The fraction of sp³-hybridized carbons (Fsp3) is 0.667. The maximum atomic E-state index is 11.5. The zero-order valence-corrected chi connectivity index (χ0v) is 12.6. The van der Waals surface area contributed by atoms with Crippen molar-refractivity contribution in [3.63, 3.8) is 0 Å². The predicted molar refractivity (Wildman–Crippen MR) is 78.0 cm³/mol. The van der Waals surface area contributed by atoms with E-state index in [1.54, 1.807) is 0 Å². The number of aliphatic hydroxyl groups excluding tert-OH is 1. The minimum Gasteiger partial charge on any atom is -0.480 e. The first kappa shape index (κ1) is 18.8. The van der Waals surface area contributed by atoms with E-state index < -0.39 is 24.6 Å². The quantitative estimate of drug-likeness (QED) is 0.275. The molecule has 0 aliphatic carbocycles. The minimum atomic E-state index is -1.38. The number of carbonyl (C=O) groups is 2. The lowest BCUT2D eigenvalue weighted by Crippen LogP contribution is -2.47. The molecule has 0 spiro atoms. The molecule has 23 heavy (non-hydrogen) atoms. The number of hydrogen-bond acceptors (Lipinski definition) is 8. The van der Waals surface area contributed by atoms with Gasteiger partial charge in [-0.05, 0) is 19.4 Å². The Bertz CT molecular complexity index is 508. The highest BCUT2D eigenvalue weighted by Crippen LogP contribution is 2.13. The number of hydrogen-bond donors (Lipinski definition) is 6. The van der Waals surface area contributed by atoms with Crippen LogP contribution in [0.25, 0.3) is 0 Å². The molecule has 2 amide bonds. The monoisotopic (exact) mass is 330 g/mol. The second-order valence-corrected chi connectivity index (χ2v) is 4.84. The second kappa shape index (κ2) is 9.71. The van der Waals surface area contributed by atoms with Crippen LogP contribution >= 0.6 is 0 Å². The molecule has 0 fully saturated rings. The molecule has 1 aromatic rings. The average molecular weight is 330 g/mol. The minimum absolute atomic E-state index is 0.0911. The van der Waals surface area contributed by atoms with Crippen molar-refractivity contribution in [2.24, 2.45) is 11.5 Å². The van der Waals surface area contributed by atoms with Gasteiger partial charge in [-0.25, -0.2) is 9.59 Å². The molecule has 0 aromatic carbocycles. The van der Waals surface area contributed by atoms with E-state index in [1.165, 1.54) is 0 Å². The number of aromatic nitrogens is 2. The van der Waals surface area contributed by atoms with Crippen molar-refractivity contribution in [1.82, 2.24) is 20.8 Å². The van der Waals surface area contributed by atoms with Gasteiger partial charge < -0.3 is 36.8 Å². The van der Waals surface area contributed by atoms with E-state index in [0.717, 1.165) is 12.8 Å². The van der Waals surface area contributed by atoms with Crippen molar-refractivity contribution in [3.8, 4) is 0 Å². The first-order valence-electron chi connectivity index (χ1n) is 7.14. The highest BCUT2D eigenvalue weighted by molar-refractivity contribution is 5.82. The lowest BCUT2D eigenvalue weighted by Gasteiger charge is -2.11. The Morgan fingerprint density at radius 1 is 1.35 bits per heavy atom. The predicted octanol–water partition coefficient (Wildman–Crippen LogP) is -1.56. The molecular formula is C12H22N6O5. The van der Waals surface area contributed by atoms with Crippen LogP contribution < -0.4 is 22.1 Å². The van der Waals surface area contributed by atoms with Gasteiger partial charge in [-0.1, -0.05) is 11.6 Å². The topological polar surface area (TPSA) is 190 Å². The van der Waals surface area contributed by atoms with Gasteiger partial charge in [0.2, 0.25) is 5.89 Å². The maximum absolute atomic E-state index is 11.5. The van der Waals surface area contributed by atoms with Gasteiger partial charge in [-0.15, -0.1) is 0 Å². The van der Waals surface area contributed by atoms with E-state index in [-0.39, 0.29) is 18.5 Å². The zero-order valence-electron chi connectivity index (χ0n) is 12.6. The SMILES string of the molecule is NCCCC[C@H](N)c1noc(CNC(=O)NC(CO)C(=O)O)n1. The number of unbranched alkanes of at least 4 members (excludes halogenated alkanes) is 1. The number of nitrogens with zero attached hydrogens (tertiary/aromatic N) is 2. The summed E-state index contributed by atoms with van der Waals surface area (Å²) in [5, 5.41) is 25.6. The molecule has 0 saturated carbocycles. The molecule has 0 bridgehead atoms. The fourth-order valence-electron chi connectivity index (χ4n) is 1.68. The van der Waals surface area contributed by atoms with Gasteiger partial charge in [0.25, 0.3) is 0 Å². The molecule has 11 nitrogen and oxygen atoms in total. The number of aliphatic carboxylic acids is 1. The summed E-state index contributed by atoms with van der Waals surface area (Å²) < 4.78 is 4.95. The largest absolute Gasteiger partial charge is 0.480 e. The standard InChI is InChI=1S/C12H22N6O5/c13-4-2-1-3-7(14)10-17-9(23-18-10)5-15-12(22)16-8(6-19)11(20)21/h7-8,19H,1-6,13-14H2,(H,20,21)(H2,15,16,22)/t7-,8?/m0/s1. The second-order valence-electron chi connectivity index (χ2n) is 4.84. The smallest absolute Gasteiger partial charge is 0.328 e. The van der Waals surface area contributed by atoms with Crippen molar-refractivity contribution in [2.45, 2.75) is 37.9 Å². The van der Waals surface area contributed by atoms with Gasteiger partial charge in [0, 0.05) is 0 Å². The summed E-state index contributed by atoms with van der Waals surface area (Å²) in [6.45, 7) is -0.217. The summed E-state index contributed by atoms with van der Waals surface area (Å²) in [5.74, 6) is -0.871. The molecule has 2 atom stereocenters. The molecule has 1 unspecified atom stereocenters. The molecular weight excluding hydrogens is 308 g/mol. The number of carboxylic acid groups (broad SMARTS) is 1. The van der Waals surface area contributed by atoms with Crippen LogP contribution in [0.4, 0.5) is 4.79 Å². The first-order chi connectivity index (χ1) is 11.0. The summed E-state index contributed by atoms with van der Waals surface area (Å²) in [6, 6.07) is -2.54. The van der Waals surface area contributed by atoms with E-state index in [9.17, 15) is 9.59 Å². The van der Waals surface area contributed by atoms with Crippen LogP contribution in [0.15, 0.2) is 4.52 Å². The number of urea groups is 1. The number of aliphatic hydroxyl groups is 1. The fourth-order valence-corrected chi connectivity index (χ4v) is 1.68. The van der Waals surface area contributed by atoms with Crippen LogP contribution in [-0.4, -0.2) is 51.5 Å². The van der Waals surface area contributed by atoms with Crippen LogP contribution in [0.3, 0.4) is 0 Å². The van der Waals surface area contributed by atoms with Crippen molar-refractivity contribution in [3.05, 3.63) is 11.7 Å². The van der Waals surface area contributed by atoms with Crippen LogP contribution in [-0.2, 0) is 11.3 Å². The lowest BCUT2D eigenvalue weighted by molar-refractivity contribution is -0.140. The van der Waals surface area contributed by atoms with Gasteiger partial charge in [0.05, 0.1) is 19.2 Å². The van der Waals surface area contributed by atoms with Gasteiger partial charge >= 0.3 is 12.0 Å². The van der Waals surface area contributed by atoms with Crippen LogP contribution in [0.1, 0.15) is 37.0 Å². The van der Waals surface area contributed by atoms with Crippen LogP contribution in [0.2, 0.25) is 0 Å². The summed E-state index contributed by atoms with van der Waals surface area (Å²) in [7, 11) is 0. The molecule has 1 aromatic heterocycles. The number of rotatable bonds is 10. The third kappa shape index (κ3) is 6.59. The molecule has 130 valence electrons. The van der Waals surface area contributed by atoms with E-state index in [4.69, 9.17) is 26.2 Å². The zero-order chi connectivity index (χ0) is 17.2. The summed E-state index contributed by atoms with van der Waals surface area (Å²) in [5.41, 5.74) is 11.3. The van der Waals surface area contributed by atoms with E-state index in [2.05, 4.69) is 20.8 Å². The summed E-state index contributed by atoms with van der Waals surface area (Å²) >= 11 is 0. The van der Waals surface area contributed by atoms with E-state index in [0.29, 0.717) is 18.8 Å². The Morgan fingerprint density at radius 3 is 2.70 bits per heavy atom. The van der Waals surface area contributed by atoms with Crippen molar-refractivity contribution >= 4 is 12.0 Å². The van der Waals surface area contributed by atoms with E-state index in [1.807, 2.05) is 0 Å². The highest BCUT2D eigenvalue weighted by Gasteiger charge is 2.19. The molecule has 0 aliphatic heterocycles. The number of nitrogens with two attached hydrogens (primary N) is 2. The Hall–Kier alpha value is -2.24. The highest BCUT2D eigenvalue weighted by atomic mass is 16.5. The Labute approximate surface area is 132 Å². The number of carboxylic acids is 1. The number of carbonyl (C=O) groups excluding carboxylic acids is 1. The van der Waals surface area contributed by atoms with E-state index >= 15 is 0 Å². The molecule has 11 heteroatoms. The van der Waals surface area contributed by atoms with Gasteiger partial charge in [0.15, 0.2) is 11.9 Å². The Morgan fingerprint density at radius 2 is 2.09 bits per heavy atom. The van der Waals surface area contributed by atoms with Gasteiger partial charge in [-0.2, -0.15) is 4.98 Å². The van der Waals surface area contributed by atoms with Crippen molar-refractivity contribution in [1.29, 1.82) is 0 Å².